The number of anilines is 1. The molecule has 7 nitrogen and oxygen atoms in total. The summed E-state index contributed by atoms with van der Waals surface area (Å²) >= 11 is 0. The van der Waals surface area contributed by atoms with Crippen LogP contribution in [0.5, 0.6) is 0 Å². The van der Waals surface area contributed by atoms with Crippen molar-refractivity contribution in [2.24, 2.45) is 5.92 Å². The summed E-state index contributed by atoms with van der Waals surface area (Å²) in [7, 11) is 4.03. The molecule has 136 valence electrons. The summed E-state index contributed by atoms with van der Waals surface area (Å²) in [6, 6.07) is 5.27. The molecule has 0 radical (unpaired) electrons. The number of rotatable bonds is 7. The first-order chi connectivity index (χ1) is 11.9. The fourth-order valence-electron chi connectivity index (χ4n) is 2.52. The summed E-state index contributed by atoms with van der Waals surface area (Å²) in [5.74, 6) is 0.758. The minimum Gasteiger partial charge on any atom is -0.329 e. The van der Waals surface area contributed by atoms with Crippen molar-refractivity contribution in [1.82, 2.24) is 25.0 Å². The molecule has 0 fully saturated rings. The van der Waals surface area contributed by atoms with Gasteiger partial charge in [0.25, 0.3) is 0 Å². The van der Waals surface area contributed by atoms with Gasteiger partial charge in [0.15, 0.2) is 5.82 Å². The maximum Gasteiger partial charge on any atom is 0.320 e. The third-order valence-electron chi connectivity index (χ3n) is 3.96. The lowest BCUT2D eigenvalue weighted by molar-refractivity contribution is 0.244. The molecule has 0 saturated carbocycles. The predicted molar refractivity (Wildman–Crippen MR) is 99.5 cm³/mol. The van der Waals surface area contributed by atoms with Gasteiger partial charge in [-0.05, 0) is 38.6 Å². The summed E-state index contributed by atoms with van der Waals surface area (Å²) < 4.78 is 1.82. The van der Waals surface area contributed by atoms with Gasteiger partial charge in [-0.1, -0.05) is 19.9 Å². The van der Waals surface area contributed by atoms with Crippen LogP contribution in [-0.2, 0) is 6.54 Å². The first kappa shape index (κ1) is 18.9. The quantitative estimate of drug-likeness (QED) is 0.810. The number of hydrogen-bond donors (Lipinski definition) is 2. The number of likely N-dealkylation sites (N-methyl/N-ethyl adjacent to an activating group) is 1. The van der Waals surface area contributed by atoms with Crippen molar-refractivity contribution >= 4 is 11.8 Å². The fourth-order valence-corrected chi connectivity index (χ4v) is 2.52. The number of carbonyl (C=O) groups is 1. The average molecular weight is 344 g/mol. The Hall–Kier alpha value is -2.41. The maximum atomic E-state index is 12.4. The second-order valence-corrected chi connectivity index (χ2v) is 6.79. The Kier molecular flexibility index (Phi) is 6.52. The molecule has 0 aliphatic carbocycles. The molecule has 2 heterocycles. The highest BCUT2D eigenvalue weighted by Gasteiger charge is 2.21. The Morgan fingerprint density at radius 3 is 2.72 bits per heavy atom. The van der Waals surface area contributed by atoms with E-state index in [0.717, 1.165) is 24.3 Å². The van der Waals surface area contributed by atoms with E-state index in [-0.39, 0.29) is 18.0 Å². The molecular weight excluding hydrogens is 316 g/mol. The molecule has 7 heteroatoms. The van der Waals surface area contributed by atoms with Crippen molar-refractivity contribution in [3.63, 3.8) is 0 Å². The van der Waals surface area contributed by atoms with Crippen LogP contribution in [0, 0.1) is 12.8 Å². The molecule has 0 aromatic carbocycles. The fraction of sp³-hybridized carbons (Fsp3) is 0.500. The molecule has 0 aliphatic heterocycles. The lowest BCUT2D eigenvalue weighted by Gasteiger charge is -2.23. The van der Waals surface area contributed by atoms with E-state index in [2.05, 4.69) is 39.5 Å². The summed E-state index contributed by atoms with van der Waals surface area (Å²) in [5, 5.41) is 10.2. The van der Waals surface area contributed by atoms with E-state index in [1.54, 1.807) is 12.3 Å². The number of nitrogens with one attached hydrogen (secondary N) is 2. The Balaban J connectivity index is 1.99. The van der Waals surface area contributed by atoms with E-state index >= 15 is 0 Å². The summed E-state index contributed by atoms with van der Waals surface area (Å²) in [6.45, 7) is 7.80. The first-order valence-corrected chi connectivity index (χ1v) is 8.54. The largest absolute Gasteiger partial charge is 0.329 e. The predicted octanol–water partition coefficient (Wildman–Crippen LogP) is 2.67. The highest BCUT2D eigenvalue weighted by molar-refractivity contribution is 5.88. The summed E-state index contributed by atoms with van der Waals surface area (Å²) in [6.07, 6.45) is 3.62. The third-order valence-corrected chi connectivity index (χ3v) is 3.96. The average Bonchev–Trinajstić information content (AvgIpc) is 2.98. The zero-order chi connectivity index (χ0) is 18.4. The zero-order valence-electron chi connectivity index (χ0n) is 15.7. The van der Waals surface area contributed by atoms with Crippen LogP contribution in [-0.4, -0.2) is 46.3 Å². The van der Waals surface area contributed by atoms with Crippen LogP contribution >= 0.6 is 0 Å². The second-order valence-electron chi connectivity index (χ2n) is 6.79. The minimum absolute atomic E-state index is 0.156. The molecule has 2 aromatic heterocycles. The molecule has 2 amide bonds. The van der Waals surface area contributed by atoms with Crippen LogP contribution in [0.4, 0.5) is 10.6 Å². The molecule has 0 saturated heterocycles. The number of pyridine rings is 1. The van der Waals surface area contributed by atoms with Gasteiger partial charge in [-0.15, -0.1) is 0 Å². The number of aromatic nitrogens is 3. The van der Waals surface area contributed by atoms with E-state index < -0.39 is 0 Å². The normalized spacial score (nSPS) is 12.4. The zero-order valence-corrected chi connectivity index (χ0v) is 15.7. The lowest BCUT2D eigenvalue weighted by Crippen LogP contribution is -2.36. The molecule has 2 aromatic rings. The number of urea groups is 1. The summed E-state index contributed by atoms with van der Waals surface area (Å²) in [5.41, 5.74) is 1.96. The number of aryl methyl sites for hydroxylation is 1. The van der Waals surface area contributed by atoms with Gasteiger partial charge in [0, 0.05) is 25.0 Å². The monoisotopic (exact) mass is 344 g/mol. The second kappa shape index (κ2) is 8.62. The third kappa shape index (κ3) is 5.56. The van der Waals surface area contributed by atoms with E-state index in [4.69, 9.17) is 0 Å². The topological polar surface area (TPSA) is 75.1 Å². The van der Waals surface area contributed by atoms with Gasteiger partial charge in [-0.25, -0.2) is 4.79 Å². The van der Waals surface area contributed by atoms with Crippen molar-refractivity contribution in [3.8, 4) is 0 Å². The van der Waals surface area contributed by atoms with Gasteiger partial charge in [0.2, 0.25) is 0 Å². The van der Waals surface area contributed by atoms with E-state index in [9.17, 15) is 4.79 Å². The number of nitrogens with zero attached hydrogens (tertiary/aromatic N) is 4. The van der Waals surface area contributed by atoms with Crippen LogP contribution < -0.4 is 10.6 Å². The number of hydrogen-bond acceptors (Lipinski definition) is 4. The Morgan fingerprint density at radius 1 is 1.32 bits per heavy atom. The molecule has 0 bridgehead atoms. The smallest absolute Gasteiger partial charge is 0.320 e. The van der Waals surface area contributed by atoms with Gasteiger partial charge in [-0.2, -0.15) is 5.10 Å². The van der Waals surface area contributed by atoms with Gasteiger partial charge in [0.1, 0.15) is 0 Å². The molecule has 2 rings (SSSR count). The van der Waals surface area contributed by atoms with Gasteiger partial charge in [-0.3, -0.25) is 15.0 Å². The van der Waals surface area contributed by atoms with Crippen LogP contribution in [0.15, 0.2) is 30.6 Å². The Labute approximate surface area is 149 Å². The van der Waals surface area contributed by atoms with E-state index in [1.165, 1.54) is 0 Å². The molecule has 0 unspecified atom stereocenters. The Morgan fingerprint density at radius 2 is 2.08 bits per heavy atom. The van der Waals surface area contributed by atoms with E-state index in [1.807, 2.05) is 44.0 Å². The van der Waals surface area contributed by atoms with Crippen LogP contribution in [0.2, 0.25) is 0 Å². The summed E-state index contributed by atoms with van der Waals surface area (Å²) in [4.78, 5) is 18.9. The highest BCUT2D eigenvalue weighted by Crippen LogP contribution is 2.22. The highest BCUT2D eigenvalue weighted by atomic mass is 16.2. The molecule has 25 heavy (non-hydrogen) atoms. The molecule has 1 atom stereocenters. The van der Waals surface area contributed by atoms with Crippen molar-refractivity contribution in [2.75, 3.05) is 26.0 Å². The number of carbonyl (C=O) groups excluding carboxylic acids is 1. The van der Waals surface area contributed by atoms with Gasteiger partial charge >= 0.3 is 6.03 Å². The molecule has 0 spiro atoms. The SMILES string of the molecule is Cc1cccnc1[C@H](NC(=O)Nc1ccn(CCN(C)C)n1)C(C)C. The van der Waals surface area contributed by atoms with Crippen LogP contribution in [0.25, 0.3) is 0 Å². The maximum absolute atomic E-state index is 12.4. The van der Waals surface area contributed by atoms with Crippen molar-refractivity contribution in [1.29, 1.82) is 0 Å². The van der Waals surface area contributed by atoms with E-state index in [0.29, 0.717) is 5.82 Å². The van der Waals surface area contributed by atoms with Crippen LogP contribution in [0.3, 0.4) is 0 Å². The Bertz CT molecular complexity index is 694. The number of amides is 2. The van der Waals surface area contributed by atoms with Crippen molar-refractivity contribution < 1.29 is 4.79 Å². The van der Waals surface area contributed by atoms with Gasteiger partial charge in [0.05, 0.1) is 18.3 Å². The van der Waals surface area contributed by atoms with Crippen molar-refractivity contribution in [2.45, 2.75) is 33.4 Å². The lowest BCUT2D eigenvalue weighted by atomic mass is 9.97. The van der Waals surface area contributed by atoms with Crippen LogP contribution in [0.1, 0.15) is 31.1 Å². The minimum atomic E-state index is -0.276. The molecular formula is C18H28N6O. The first-order valence-electron chi connectivity index (χ1n) is 8.54. The van der Waals surface area contributed by atoms with Gasteiger partial charge < -0.3 is 10.2 Å². The molecule has 2 N–H and O–H groups in total. The standard InChI is InChI=1S/C18H28N6O/c1-13(2)16(17-14(3)7-6-9-19-17)21-18(25)20-15-8-10-24(22-15)12-11-23(4)5/h6-10,13,16H,11-12H2,1-5H3,(H2,20,21,22,25)/t16-/m1/s1. The molecule has 0 aliphatic rings. The van der Waals surface area contributed by atoms with Crippen molar-refractivity contribution in [3.05, 3.63) is 41.9 Å².